The van der Waals surface area contributed by atoms with Crippen LogP contribution in [0.1, 0.15) is 25.4 Å². The summed E-state index contributed by atoms with van der Waals surface area (Å²) in [5.74, 6) is 0.885. The first kappa shape index (κ1) is 15.7. The Morgan fingerprint density at radius 1 is 1.20 bits per heavy atom. The summed E-state index contributed by atoms with van der Waals surface area (Å²) < 4.78 is 2.09. The fourth-order valence-electron chi connectivity index (χ4n) is 1.91. The number of imidazole rings is 1. The minimum absolute atomic E-state index is 0.885. The summed E-state index contributed by atoms with van der Waals surface area (Å²) in [6.07, 6.45) is 17.4. The van der Waals surface area contributed by atoms with Gasteiger partial charge in [-0.15, -0.1) is 0 Å². The van der Waals surface area contributed by atoms with Crippen molar-refractivity contribution in [2.45, 2.75) is 20.8 Å². The number of hydrogen-bond donors (Lipinski definition) is 0. The highest BCUT2D eigenvalue weighted by atomic mass is 15.1. The first-order chi connectivity index (χ1) is 9.69. The van der Waals surface area contributed by atoms with Crippen LogP contribution in [0.5, 0.6) is 0 Å². The average Bonchev–Trinajstić information content (AvgIpc) is 2.82. The topological polar surface area (TPSA) is 17.8 Å². The van der Waals surface area contributed by atoms with E-state index in [1.807, 2.05) is 69.5 Å². The Kier molecular flexibility index (Phi) is 6.24. The van der Waals surface area contributed by atoms with Crippen LogP contribution >= 0.6 is 0 Å². The summed E-state index contributed by atoms with van der Waals surface area (Å²) >= 11 is 0. The quantitative estimate of drug-likeness (QED) is 0.667. The van der Waals surface area contributed by atoms with Gasteiger partial charge in [0.15, 0.2) is 0 Å². The van der Waals surface area contributed by atoms with Crippen molar-refractivity contribution in [3.63, 3.8) is 0 Å². The molecule has 104 valence electrons. The third-order valence-electron chi connectivity index (χ3n) is 2.77. The largest absolute Gasteiger partial charge is 0.297 e. The zero-order valence-electron chi connectivity index (χ0n) is 12.5. The molecular formula is C18H22N2. The lowest BCUT2D eigenvalue weighted by molar-refractivity contribution is 1.02. The van der Waals surface area contributed by atoms with Crippen LogP contribution in [0, 0.1) is 6.92 Å². The monoisotopic (exact) mass is 266 g/mol. The molecule has 0 bridgehead atoms. The van der Waals surface area contributed by atoms with Crippen LogP contribution in [0.4, 0.5) is 0 Å². The number of nitrogens with zero attached hydrogens (tertiary/aromatic N) is 2. The number of hydrogen-bond acceptors (Lipinski definition) is 1. The maximum atomic E-state index is 4.51. The molecule has 0 saturated heterocycles. The van der Waals surface area contributed by atoms with Crippen molar-refractivity contribution < 1.29 is 0 Å². The first-order valence-corrected chi connectivity index (χ1v) is 6.65. The fourth-order valence-corrected chi connectivity index (χ4v) is 1.91. The van der Waals surface area contributed by atoms with Gasteiger partial charge in [0.1, 0.15) is 5.82 Å². The van der Waals surface area contributed by atoms with Gasteiger partial charge in [0, 0.05) is 23.2 Å². The Labute approximate surface area is 121 Å². The Hall–Kier alpha value is -2.35. The molecule has 0 N–H and O–H groups in total. The third kappa shape index (κ3) is 3.58. The van der Waals surface area contributed by atoms with Gasteiger partial charge in [0.2, 0.25) is 0 Å². The molecule has 0 saturated carbocycles. The normalized spacial score (nSPS) is 13.3. The standard InChI is InChI=1S/C18H22N2/c1-6-10-13-17(9-4)20-15(5)14-19-18(20)16(11-7-2)12-8-3/h6-14H,2,4H2,1,3,5H3/b10-6-,12-8-,16-11+,17-13+. The van der Waals surface area contributed by atoms with Gasteiger partial charge in [0.25, 0.3) is 0 Å². The number of allylic oxidation sites excluding steroid dienone is 10. The molecule has 0 unspecified atom stereocenters. The molecule has 20 heavy (non-hydrogen) atoms. The molecule has 0 aliphatic carbocycles. The number of aromatic nitrogens is 2. The second-order valence-corrected chi connectivity index (χ2v) is 4.24. The van der Waals surface area contributed by atoms with Crippen molar-refractivity contribution >= 4 is 11.3 Å². The maximum absolute atomic E-state index is 4.51. The highest BCUT2D eigenvalue weighted by molar-refractivity contribution is 5.75. The lowest BCUT2D eigenvalue weighted by atomic mass is 10.2. The zero-order valence-corrected chi connectivity index (χ0v) is 12.5. The Balaban J connectivity index is 3.48. The lowest BCUT2D eigenvalue weighted by Crippen LogP contribution is -2.02. The van der Waals surface area contributed by atoms with E-state index < -0.39 is 0 Å². The van der Waals surface area contributed by atoms with E-state index in [4.69, 9.17) is 0 Å². The molecule has 1 aromatic heterocycles. The Bertz CT molecular complexity index is 593. The molecule has 0 aliphatic rings. The molecule has 0 amide bonds. The van der Waals surface area contributed by atoms with E-state index >= 15 is 0 Å². The van der Waals surface area contributed by atoms with Crippen LogP contribution in [0.25, 0.3) is 11.3 Å². The van der Waals surface area contributed by atoms with Crippen LogP contribution in [0.15, 0.2) is 68.0 Å². The van der Waals surface area contributed by atoms with Crippen LogP contribution < -0.4 is 0 Å². The Morgan fingerprint density at radius 2 is 1.95 bits per heavy atom. The molecule has 1 aromatic rings. The van der Waals surface area contributed by atoms with E-state index in [1.165, 1.54) is 0 Å². The van der Waals surface area contributed by atoms with E-state index in [0.29, 0.717) is 0 Å². The molecule has 2 heteroatoms. The molecule has 0 fully saturated rings. The zero-order chi connectivity index (χ0) is 15.0. The SMILES string of the molecule is C=C/C=C(\C=C/C)c1ncc(C)n1/C(C=C)=C/C=C\C. The van der Waals surface area contributed by atoms with Crippen LogP contribution in [0.2, 0.25) is 0 Å². The minimum Gasteiger partial charge on any atom is -0.297 e. The molecule has 1 rings (SSSR count). The van der Waals surface area contributed by atoms with Gasteiger partial charge in [-0.3, -0.25) is 4.57 Å². The molecule has 1 heterocycles. The van der Waals surface area contributed by atoms with Crippen LogP contribution in [-0.4, -0.2) is 9.55 Å². The van der Waals surface area contributed by atoms with E-state index in [9.17, 15) is 0 Å². The van der Waals surface area contributed by atoms with Gasteiger partial charge in [-0.05, 0) is 32.9 Å². The summed E-state index contributed by atoms with van der Waals surface area (Å²) in [6.45, 7) is 13.7. The summed E-state index contributed by atoms with van der Waals surface area (Å²) in [5, 5.41) is 0. The predicted octanol–water partition coefficient (Wildman–Crippen LogP) is 4.94. The van der Waals surface area contributed by atoms with E-state index in [0.717, 1.165) is 22.8 Å². The highest BCUT2D eigenvalue weighted by Gasteiger charge is 2.11. The fraction of sp³-hybridized carbons (Fsp3) is 0.167. The van der Waals surface area contributed by atoms with Gasteiger partial charge in [-0.2, -0.15) is 0 Å². The average molecular weight is 266 g/mol. The smallest absolute Gasteiger partial charge is 0.144 e. The molecule has 2 nitrogen and oxygen atoms in total. The van der Waals surface area contributed by atoms with Gasteiger partial charge >= 0.3 is 0 Å². The van der Waals surface area contributed by atoms with Crippen molar-refractivity contribution in [1.29, 1.82) is 0 Å². The lowest BCUT2D eigenvalue weighted by Gasteiger charge is -2.11. The molecule has 0 aromatic carbocycles. The van der Waals surface area contributed by atoms with Crippen LogP contribution in [-0.2, 0) is 0 Å². The van der Waals surface area contributed by atoms with Crippen LogP contribution in [0.3, 0.4) is 0 Å². The van der Waals surface area contributed by atoms with Crippen molar-refractivity contribution in [2.24, 2.45) is 0 Å². The molecule has 0 atom stereocenters. The Morgan fingerprint density at radius 3 is 2.50 bits per heavy atom. The van der Waals surface area contributed by atoms with Crippen molar-refractivity contribution in [3.8, 4) is 0 Å². The van der Waals surface area contributed by atoms with Gasteiger partial charge < -0.3 is 0 Å². The summed E-state index contributed by atoms with van der Waals surface area (Å²) in [4.78, 5) is 4.51. The number of aryl methyl sites for hydroxylation is 1. The van der Waals surface area contributed by atoms with E-state index in [-0.39, 0.29) is 0 Å². The summed E-state index contributed by atoms with van der Waals surface area (Å²) in [7, 11) is 0. The summed E-state index contributed by atoms with van der Waals surface area (Å²) in [6, 6.07) is 0. The predicted molar refractivity (Wildman–Crippen MR) is 89.2 cm³/mol. The molecule has 0 aliphatic heterocycles. The minimum atomic E-state index is 0.885. The molecule has 0 radical (unpaired) electrons. The van der Waals surface area contributed by atoms with Gasteiger partial charge in [-0.1, -0.05) is 49.6 Å². The van der Waals surface area contributed by atoms with Gasteiger partial charge in [-0.25, -0.2) is 4.98 Å². The molecular weight excluding hydrogens is 244 g/mol. The second kappa shape index (κ2) is 7.95. The van der Waals surface area contributed by atoms with E-state index in [2.05, 4.69) is 22.7 Å². The number of rotatable bonds is 6. The summed E-state index contributed by atoms with van der Waals surface area (Å²) in [5.41, 5.74) is 3.08. The van der Waals surface area contributed by atoms with Crippen molar-refractivity contribution in [1.82, 2.24) is 9.55 Å². The first-order valence-electron chi connectivity index (χ1n) is 6.65. The molecule has 0 spiro atoms. The third-order valence-corrected chi connectivity index (χ3v) is 2.77. The highest BCUT2D eigenvalue weighted by Crippen LogP contribution is 2.22. The van der Waals surface area contributed by atoms with Crippen molar-refractivity contribution in [3.05, 3.63) is 79.5 Å². The second-order valence-electron chi connectivity index (χ2n) is 4.24. The maximum Gasteiger partial charge on any atom is 0.144 e. The van der Waals surface area contributed by atoms with Crippen molar-refractivity contribution in [2.75, 3.05) is 0 Å². The van der Waals surface area contributed by atoms with E-state index in [1.54, 1.807) is 6.08 Å². The van der Waals surface area contributed by atoms with Gasteiger partial charge in [0.05, 0.1) is 0 Å².